The zero-order valence-electron chi connectivity index (χ0n) is 14.4. The molecule has 2 saturated carbocycles. The smallest absolute Gasteiger partial charge is 0.334 e. The Balaban J connectivity index is 1.95. The molecule has 3 aliphatic carbocycles. The van der Waals surface area contributed by atoms with Crippen molar-refractivity contribution >= 4 is 11.8 Å². The maximum atomic E-state index is 12.3. The first kappa shape index (κ1) is 16.9. The van der Waals surface area contributed by atoms with Crippen molar-refractivity contribution in [1.29, 1.82) is 0 Å². The van der Waals surface area contributed by atoms with Gasteiger partial charge in [-0.3, -0.25) is 4.79 Å². The third kappa shape index (κ3) is 2.08. The lowest BCUT2D eigenvalue weighted by atomic mass is 9.57. The van der Waals surface area contributed by atoms with Gasteiger partial charge in [-0.25, -0.2) is 4.79 Å². The summed E-state index contributed by atoms with van der Waals surface area (Å²) in [6.45, 7) is 7.34. The molecular formula is C19H24O6. The zero-order chi connectivity index (χ0) is 18.3. The van der Waals surface area contributed by atoms with Gasteiger partial charge in [0.05, 0.1) is 11.7 Å². The van der Waals surface area contributed by atoms with E-state index >= 15 is 0 Å². The predicted molar refractivity (Wildman–Crippen MR) is 87.2 cm³/mol. The molecule has 0 aromatic heterocycles. The third-order valence-corrected chi connectivity index (χ3v) is 6.76. The first-order valence-corrected chi connectivity index (χ1v) is 8.80. The fourth-order valence-electron chi connectivity index (χ4n) is 5.78. The van der Waals surface area contributed by atoms with Crippen LogP contribution in [-0.2, 0) is 14.3 Å². The van der Waals surface area contributed by atoms with Gasteiger partial charge >= 0.3 is 5.97 Å². The van der Waals surface area contributed by atoms with E-state index in [-0.39, 0.29) is 25.0 Å². The number of hydrogen-bond acceptors (Lipinski definition) is 6. The fourth-order valence-corrected chi connectivity index (χ4v) is 5.78. The van der Waals surface area contributed by atoms with Crippen molar-refractivity contribution in [3.05, 3.63) is 23.8 Å². The molecule has 1 heterocycles. The Morgan fingerprint density at radius 3 is 2.64 bits per heavy atom. The van der Waals surface area contributed by atoms with E-state index in [1.54, 1.807) is 19.9 Å². The quantitative estimate of drug-likeness (QED) is 0.471. The Bertz CT molecular complexity index is 707. The van der Waals surface area contributed by atoms with Crippen molar-refractivity contribution in [3.63, 3.8) is 0 Å². The number of ether oxygens (including phenoxy) is 1. The van der Waals surface area contributed by atoms with Crippen LogP contribution >= 0.6 is 0 Å². The Hall–Kier alpha value is -1.50. The lowest BCUT2D eigenvalue weighted by molar-refractivity contribution is -0.195. The predicted octanol–water partition coefficient (Wildman–Crippen LogP) is 0.502. The number of Topliss-reactive ketones (excluding diaryl/α,β-unsaturated/α-hetero) is 1. The van der Waals surface area contributed by atoms with Gasteiger partial charge in [0.25, 0.3) is 0 Å². The molecule has 0 aromatic rings. The average Bonchev–Trinajstić information content (AvgIpc) is 2.88. The van der Waals surface area contributed by atoms with Gasteiger partial charge in [0.1, 0.15) is 17.5 Å². The second kappa shape index (κ2) is 5.02. The van der Waals surface area contributed by atoms with Gasteiger partial charge in [-0.2, -0.15) is 0 Å². The molecular weight excluding hydrogens is 324 g/mol. The molecule has 0 aromatic carbocycles. The molecule has 4 rings (SSSR count). The van der Waals surface area contributed by atoms with Crippen molar-refractivity contribution in [2.75, 3.05) is 0 Å². The van der Waals surface area contributed by atoms with Gasteiger partial charge in [-0.15, -0.1) is 0 Å². The third-order valence-electron chi connectivity index (χ3n) is 6.76. The second-order valence-electron chi connectivity index (χ2n) is 8.46. The SMILES string of the molecule is C=C(C)[C@@H]1CC(=O)C[C@H](O)[C@@]2(O)[C@@H]1C=C1C(=O)O[C@@H]3C[C@@](C)(O)[C@H]2[C@H]13. The topological polar surface area (TPSA) is 104 Å². The summed E-state index contributed by atoms with van der Waals surface area (Å²) in [4.78, 5) is 24.6. The molecule has 6 nitrogen and oxygen atoms in total. The van der Waals surface area contributed by atoms with Crippen LogP contribution in [0, 0.1) is 23.7 Å². The van der Waals surface area contributed by atoms with E-state index in [1.165, 1.54) is 0 Å². The Kier molecular flexibility index (Phi) is 3.40. The van der Waals surface area contributed by atoms with E-state index in [0.717, 1.165) is 0 Å². The van der Waals surface area contributed by atoms with Crippen LogP contribution in [0.15, 0.2) is 23.8 Å². The molecule has 0 radical (unpaired) electrons. The minimum atomic E-state index is -1.71. The normalized spacial score (nSPS) is 51.3. The highest BCUT2D eigenvalue weighted by atomic mass is 16.6. The van der Waals surface area contributed by atoms with E-state index < -0.39 is 53.1 Å². The van der Waals surface area contributed by atoms with Crippen LogP contribution in [0.3, 0.4) is 0 Å². The Morgan fingerprint density at radius 2 is 2.00 bits per heavy atom. The van der Waals surface area contributed by atoms with Crippen molar-refractivity contribution in [2.24, 2.45) is 23.7 Å². The molecule has 3 fully saturated rings. The second-order valence-corrected chi connectivity index (χ2v) is 8.46. The summed E-state index contributed by atoms with van der Waals surface area (Å²) in [7, 11) is 0. The number of ketones is 1. The van der Waals surface area contributed by atoms with E-state index in [2.05, 4.69) is 6.58 Å². The molecule has 8 atom stereocenters. The van der Waals surface area contributed by atoms with Gasteiger partial charge < -0.3 is 20.1 Å². The first-order chi connectivity index (χ1) is 11.6. The highest BCUT2D eigenvalue weighted by Gasteiger charge is 2.70. The van der Waals surface area contributed by atoms with E-state index in [9.17, 15) is 24.9 Å². The van der Waals surface area contributed by atoms with Gasteiger partial charge in [0, 0.05) is 42.6 Å². The first-order valence-electron chi connectivity index (χ1n) is 8.80. The van der Waals surface area contributed by atoms with Gasteiger partial charge in [-0.1, -0.05) is 18.2 Å². The summed E-state index contributed by atoms with van der Waals surface area (Å²) in [6.07, 6.45) is 0.0568. The fraction of sp³-hybridized carbons (Fsp3) is 0.684. The highest BCUT2D eigenvalue weighted by molar-refractivity contribution is 5.92. The molecule has 6 heteroatoms. The molecule has 0 unspecified atom stereocenters. The maximum Gasteiger partial charge on any atom is 0.334 e. The Labute approximate surface area is 146 Å². The molecule has 136 valence electrons. The highest BCUT2D eigenvalue weighted by Crippen LogP contribution is 2.61. The summed E-state index contributed by atoms with van der Waals surface area (Å²) in [5, 5.41) is 33.5. The largest absolute Gasteiger partial charge is 0.458 e. The van der Waals surface area contributed by atoms with Gasteiger partial charge in [-0.05, 0) is 19.8 Å². The van der Waals surface area contributed by atoms with Crippen LogP contribution in [0.4, 0.5) is 0 Å². The number of esters is 1. The maximum absolute atomic E-state index is 12.3. The van der Waals surface area contributed by atoms with Crippen LogP contribution in [0.1, 0.15) is 33.1 Å². The Morgan fingerprint density at radius 1 is 1.32 bits per heavy atom. The van der Waals surface area contributed by atoms with Crippen LogP contribution in [-0.4, -0.2) is 50.5 Å². The van der Waals surface area contributed by atoms with Crippen molar-refractivity contribution in [1.82, 2.24) is 0 Å². The minimum absolute atomic E-state index is 0.149. The lowest BCUT2D eigenvalue weighted by Gasteiger charge is -2.51. The molecule has 0 amide bonds. The summed E-state index contributed by atoms with van der Waals surface area (Å²) < 4.78 is 5.42. The van der Waals surface area contributed by atoms with E-state index in [1.807, 2.05) is 0 Å². The number of rotatable bonds is 1. The molecule has 1 saturated heterocycles. The number of carbonyl (C=O) groups is 2. The zero-order valence-corrected chi connectivity index (χ0v) is 14.4. The molecule has 25 heavy (non-hydrogen) atoms. The van der Waals surface area contributed by atoms with E-state index in [0.29, 0.717) is 11.1 Å². The molecule has 0 bridgehead atoms. The average molecular weight is 348 g/mol. The van der Waals surface area contributed by atoms with Crippen LogP contribution in [0.5, 0.6) is 0 Å². The minimum Gasteiger partial charge on any atom is -0.458 e. The number of hydrogen-bond donors (Lipinski definition) is 3. The molecule has 1 aliphatic heterocycles. The van der Waals surface area contributed by atoms with Crippen molar-refractivity contribution in [2.45, 2.75) is 56.5 Å². The lowest BCUT2D eigenvalue weighted by Crippen LogP contribution is -2.63. The van der Waals surface area contributed by atoms with Crippen LogP contribution in [0.2, 0.25) is 0 Å². The van der Waals surface area contributed by atoms with Crippen LogP contribution < -0.4 is 0 Å². The number of aliphatic hydroxyl groups excluding tert-OH is 1. The number of aliphatic hydroxyl groups is 3. The monoisotopic (exact) mass is 348 g/mol. The van der Waals surface area contributed by atoms with Crippen molar-refractivity contribution < 1.29 is 29.6 Å². The van der Waals surface area contributed by atoms with Gasteiger partial charge in [0.2, 0.25) is 0 Å². The summed E-state index contributed by atoms with van der Waals surface area (Å²) in [6, 6.07) is 0. The van der Waals surface area contributed by atoms with Crippen molar-refractivity contribution in [3.8, 4) is 0 Å². The van der Waals surface area contributed by atoms with Crippen LogP contribution in [0.25, 0.3) is 0 Å². The number of fused-ring (bicyclic) bond motifs is 2. The molecule has 3 N–H and O–H groups in total. The standard InChI is InChI=1S/C19H24O6/c1-8(2)10-4-9(20)5-14(21)19(24)12(10)6-11-15-13(25-17(11)22)7-18(3,23)16(15)19/h6,10,12-16,21,23-24H,1,4-5,7H2,2-3H3/t10-,12+,13+,14-,15+,16+,18+,19-/m0/s1. The summed E-state index contributed by atoms with van der Waals surface area (Å²) in [5.74, 6) is -2.88. The number of carbonyl (C=O) groups excluding carboxylic acids is 2. The number of allylic oxidation sites excluding steroid dienone is 1. The molecule has 0 spiro atoms. The summed E-state index contributed by atoms with van der Waals surface area (Å²) >= 11 is 0. The molecule has 4 aliphatic rings. The summed E-state index contributed by atoms with van der Waals surface area (Å²) in [5.41, 5.74) is -1.86. The van der Waals surface area contributed by atoms with E-state index in [4.69, 9.17) is 4.74 Å². The van der Waals surface area contributed by atoms with Gasteiger partial charge in [0.15, 0.2) is 0 Å².